The third-order valence-electron chi connectivity index (χ3n) is 4.39. The molecule has 1 aromatic heterocycles. The highest BCUT2D eigenvalue weighted by molar-refractivity contribution is 5.90. The number of amides is 2. The highest BCUT2D eigenvalue weighted by Gasteiger charge is 2.30. The minimum atomic E-state index is -4.45. The van der Waals surface area contributed by atoms with E-state index in [2.05, 4.69) is 15.7 Å². The number of hydrogen-bond donors (Lipinski definition) is 2. The van der Waals surface area contributed by atoms with Crippen molar-refractivity contribution in [3.63, 3.8) is 0 Å². The monoisotopic (exact) mass is 410 g/mol. The molecule has 10 heteroatoms. The molecule has 1 heterocycles. The van der Waals surface area contributed by atoms with Crippen LogP contribution in [-0.2, 0) is 18.0 Å². The van der Waals surface area contributed by atoms with Gasteiger partial charge in [-0.3, -0.25) is 4.68 Å². The lowest BCUT2D eigenvalue weighted by Gasteiger charge is -2.23. The molecule has 1 atom stereocenters. The van der Waals surface area contributed by atoms with Crippen molar-refractivity contribution in [1.29, 1.82) is 0 Å². The molecule has 2 aromatic rings. The fraction of sp³-hybridized carbons (Fsp3) is 0.263. The number of alkyl halides is 3. The first-order valence-electron chi connectivity index (χ1n) is 8.57. The first-order chi connectivity index (χ1) is 13.7. The molecule has 0 spiro atoms. The lowest BCUT2D eigenvalue weighted by molar-refractivity contribution is -0.137. The average molecular weight is 410 g/mol. The Hall–Kier alpha value is -3.30. The van der Waals surface area contributed by atoms with E-state index in [1.54, 1.807) is 19.2 Å². The van der Waals surface area contributed by atoms with Crippen LogP contribution in [0.1, 0.15) is 17.7 Å². The number of carbonyl (C=O) groups excluding carboxylic acids is 1. The number of anilines is 1. The van der Waals surface area contributed by atoms with Gasteiger partial charge in [0.25, 0.3) is 0 Å². The Morgan fingerprint density at radius 2 is 1.97 bits per heavy atom. The zero-order valence-electron chi connectivity index (χ0n) is 15.5. The van der Waals surface area contributed by atoms with Gasteiger partial charge in [-0.2, -0.15) is 18.3 Å². The summed E-state index contributed by atoms with van der Waals surface area (Å²) in [6.07, 6.45) is 0.193. The number of urea groups is 1. The first kappa shape index (κ1) is 20.4. The molecule has 3 rings (SSSR count). The summed E-state index contributed by atoms with van der Waals surface area (Å²) >= 11 is 0. The molecule has 0 aliphatic heterocycles. The summed E-state index contributed by atoms with van der Waals surface area (Å²) in [7, 11) is 3.05. The number of aryl methyl sites for hydroxylation is 1. The summed E-state index contributed by atoms with van der Waals surface area (Å²) in [6, 6.07) is 3.01. The molecule has 0 radical (unpaired) electrons. The maximum Gasteiger partial charge on any atom is 0.416 e. The second kappa shape index (κ2) is 7.98. The number of nitrogens with one attached hydrogen (secondary N) is 2. The highest BCUT2D eigenvalue weighted by Crippen LogP contribution is 2.31. The molecule has 0 bridgehead atoms. The van der Waals surface area contributed by atoms with E-state index in [-0.39, 0.29) is 17.8 Å². The van der Waals surface area contributed by atoms with Crippen LogP contribution >= 0.6 is 0 Å². The van der Waals surface area contributed by atoms with Gasteiger partial charge in [0.2, 0.25) is 0 Å². The number of benzene rings is 1. The third-order valence-corrected chi connectivity index (χ3v) is 4.39. The van der Waals surface area contributed by atoms with Crippen LogP contribution in [0, 0.1) is 5.82 Å². The van der Waals surface area contributed by atoms with Crippen LogP contribution in [0.5, 0.6) is 0 Å². The molecule has 0 saturated carbocycles. The molecule has 0 saturated heterocycles. The van der Waals surface area contributed by atoms with Crippen molar-refractivity contribution < 1.29 is 27.1 Å². The summed E-state index contributed by atoms with van der Waals surface area (Å²) in [5.41, 5.74) is 0.188. The smallest absolute Gasteiger partial charge is 0.416 e. The lowest BCUT2D eigenvalue weighted by atomic mass is 9.96. The lowest BCUT2D eigenvalue weighted by Crippen LogP contribution is -2.38. The number of methoxy groups -OCH3 is 1. The van der Waals surface area contributed by atoms with Crippen molar-refractivity contribution in [2.24, 2.45) is 7.05 Å². The number of allylic oxidation sites excluding steroid dienone is 1. The summed E-state index contributed by atoms with van der Waals surface area (Å²) in [4.78, 5) is 12.2. The van der Waals surface area contributed by atoms with E-state index < -0.39 is 29.6 Å². The van der Waals surface area contributed by atoms with Crippen LogP contribution in [0.3, 0.4) is 0 Å². The molecule has 6 nitrogen and oxygen atoms in total. The quantitative estimate of drug-likeness (QED) is 0.747. The van der Waals surface area contributed by atoms with E-state index in [0.717, 1.165) is 18.3 Å². The van der Waals surface area contributed by atoms with Crippen molar-refractivity contribution in [2.75, 3.05) is 12.4 Å². The van der Waals surface area contributed by atoms with Crippen molar-refractivity contribution in [1.82, 2.24) is 15.1 Å². The molecular weight excluding hydrogens is 392 g/mol. The maximum absolute atomic E-state index is 14.1. The van der Waals surface area contributed by atoms with Gasteiger partial charge in [0.15, 0.2) is 5.82 Å². The van der Waals surface area contributed by atoms with E-state index in [4.69, 9.17) is 4.74 Å². The molecule has 1 unspecified atom stereocenters. The van der Waals surface area contributed by atoms with Crippen LogP contribution in [0.25, 0.3) is 5.57 Å². The third kappa shape index (κ3) is 4.58. The van der Waals surface area contributed by atoms with Crippen molar-refractivity contribution in [3.05, 3.63) is 65.4 Å². The fourth-order valence-electron chi connectivity index (χ4n) is 3.02. The number of carbonyl (C=O) groups is 1. The van der Waals surface area contributed by atoms with E-state index in [1.165, 1.54) is 23.9 Å². The Morgan fingerprint density at radius 3 is 2.52 bits per heavy atom. The molecule has 154 valence electrons. The Labute approximate surface area is 163 Å². The second-order valence-electron chi connectivity index (χ2n) is 6.35. The van der Waals surface area contributed by atoms with Gasteiger partial charge >= 0.3 is 12.2 Å². The minimum absolute atomic E-state index is 0.210. The molecular formula is C19H18F4N4O2. The van der Waals surface area contributed by atoms with Gasteiger partial charge in [-0.25, -0.2) is 9.18 Å². The van der Waals surface area contributed by atoms with Crippen molar-refractivity contribution in [3.8, 4) is 0 Å². The zero-order chi connectivity index (χ0) is 21.2. The van der Waals surface area contributed by atoms with E-state index >= 15 is 0 Å². The number of nitrogens with zero attached hydrogens (tertiary/aromatic N) is 2. The molecule has 1 aliphatic rings. The normalized spacial score (nSPS) is 16.7. The molecule has 1 aromatic carbocycles. The van der Waals surface area contributed by atoms with Gasteiger partial charge in [0.05, 0.1) is 24.9 Å². The number of ether oxygens (including phenoxy) is 1. The van der Waals surface area contributed by atoms with E-state index in [9.17, 15) is 22.4 Å². The van der Waals surface area contributed by atoms with Gasteiger partial charge in [-0.15, -0.1) is 0 Å². The molecule has 0 fully saturated rings. The number of rotatable bonds is 4. The second-order valence-corrected chi connectivity index (χ2v) is 6.35. The van der Waals surface area contributed by atoms with Crippen LogP contribution in [0.4, 0.5) is 28.0 Å². The summed E-state index contributed by atoms with van der Waals surface area (Å²) < 4.78 is 58.6. The van der Waals surface area contributed by atoms with Gasteiger partial charge in [0, 0.05) is 24.7 Å². The SMILES string of the molecule is COC1=C(c2c(F)cnn2C)CC(NC(=O)Nc2ccc(C(F)(F)F)cc2)C=C1. The van der Waals surface area contributed by atoms with Crippen molar-refractivity contribution in [2.45, 2.75) is 18.6 Å². The summed E-state index contributed by atoms with van der Waals surface area (Å²) in [5, 5.41) is 9.04. The predicted molar refractivity (Wildman–Crippen MR) is 98.2 cm³/mol. The molecule has 2 amide bonds. The standard InChI is InChI=1S/C19H18F4N4O2/c1-27-17(15(20)10-24-27)14-9-13(7-8-16(14)29-2)26-18(28)25-12-5-3-11(4-6-12)19(21,22)23/h3-8,10,13H,9H2,1-2H3,(H2,25,26,28). The van der Waals surface area contributed by atoms with Gasteiger partial charge in [0.1, 0.15) is 11.5 Å². The molecule has 2 N–H and O–H groups in total. The zero-order valence-corrected chi connectivity index (χ0v) is 15.5. The van der Waals surface area contributed by atoms with Crippen LogP contribution in [0.15, 0.2) is 48.4 Å². The van der Waals surface area contributed by atoms with E-state index in [0.29, 0.717) is 11.3 Å². The van der Waals surface area contributed by atoms with Gasteiger partial charge < -0.3 is 15.4 Å². The number of aromatic nitrogens is 2. The Morgan fingerprint density at radius 1 is 1.28 bits per heavy atom. The average Bonchev–Trinajstić information content (AvgIpc) is 2.99. The minimum Gasteiger partial charge on any atom is -0.496 e. The molecule has 1 aliphatic carbocycles. The first-order valence-corrected chi connectivity index (χ1v) is 8.57. The Kier molecular flexibility index (Phi) is 5.62. The number of hydrogen-bond acceptors (Lipinski definition) is 3. The predicted octanol–water partition coefficient (Wildman–Crippen LogP) is 4.09. The van der Waals surface area contributed by atoms with Gasteiger partial charge in [-0.1, -0.05) is 6.08 Å². The molecule has 29 heavy (non-hydrogen) atoms. The number of halogens is 4. The Bertz CT molecular complexity index is 942. The summed E-state index contributed by atoms with van der Waals surface area (Å²) in [6.45, 7) is 0. The van der Waals surface area contributed by atoms with Crippen LogP contribution < -0.4 is 10.6 Å². The van der Waals surface area contributed by atoms with E-state index in [1.807, 2.05) is 0 Å². The summed E-state index contributed by atoms with van der Waals surface area (Å²) in [5.74, 6) is -0.0611. The maximum atomic E-state index is 14.1. The highest BCUT2D eigenvalue weighted by atomic mass is 19.4. The topological polar surface area (TPSA) is 68.2 Å². The fourth-order valence-corrected chi connectivity index (χ4v) is 3.02. The Balaban J connectivity index is 1.68. The van der Waals surface area contributed by atoms with Crippen LogP contribution in [-0.4, -0.2) is 29.0 Å². The van der Waals surface area contributed by atoms with Crippen molar-refractivity contribution >= 4 is 17.3 Å². The largest absolute Gasteiger partial charge is 0.496 e. The van der Waals surface area contributed by atoms with Gasteiger partial charge in [-0.05, 0) is 30.3 Å². The van der Waals surface area contributed by atoms with Crippen LogP contribution in [0.2, 0.25) is 0 Å².